The lowest BCUT2D eigenvalue weighted by atomic mass is 9.99. The molecule has 8 heteroatoms. The third-order valence-electron chi connectivity index (χ3n) is 7.45. The Labute approximate surface area is 196 Å². The van der Waals surface area contributed by atoms with Crippen molar-refractivity contribution in [3.05, 3.63) is 30.0 Å². The number of nitrogens with zero attached hydrogens (tertiary/aromatic N) is 6. The summed E-state index contributed by atoms with van der Waals surface area (Å²) in [7, 11) is 0. The Morgan fingerprint density at radius 3 is 2.21 bits per heavy atom. The van der Waals surface area contributed by atoms with E-state index in [1.807, 2.05) is 23.1 Å². The normalized spacial score (nSPS) is 21.6. The third kappa shape index (κ3) is 5.13. The smallest absolute Gasteiger partial charge is 0.275 e. The van der Waals surface area contributed by atoms with Gasteiger partial charge in [0.25, 0.3) is 5.91 Å². The molecule has 0 N–H and O–H groups in total. The largest absolute Gasteiger partial charge is 0.379 e. The van der Waals surface area contributed by atoms with Crippen LogP contribution >= 0.6 is 0 Å². The average molecular weight is 453 g/mol. The molecule has 1 amide bonds. The lowest BCUT2D eigenvalue weighted by Gasteiger charge is -2.36. The zero-order chi connectivity index (χ0) is 22.6. The number of piperazine rings is 1. The van der Waals surface area contributed by atoms with Crippen LogP contribution in [0.4, 0.5) is 5.82 Å². The summed E-state index contributed by atoms with van der Waals surface area (Å²) in [5, 5.41) is 11.0. The first-order valence-corrected chi connectivity index (χ1v) is 12.5. The number of benzene rings is 1. The molecule has 0 aliphatic carbocycles. The van der Waals surface area contributed by atoms with E-state index in [0.717, 1.165) is 101 Å². The van der Waals surface area contributed by atoms with Gasteiger partial charge in [0, 0.05) is 76.2 Å². The summed E-state index contributed by atoms with van der Waals surface area (Å²) in [4.78, 5) is 22.6. The zero-order valence-electron chi connectivity index (χ0n) is 19.8. The van der Waals surface area contributed by atoms with Gasteiger partial charge in [0.15, 0.2) is 11.5 Å². The zero-order valence-corrected chi connectivity index (χ0v) is 19.8. The number of hydrogen-bond acceptors (Lipinski definition) is 7. The SMILES string of the molecule is CC1CCN(c2nnc(C(=O)N3CCN(CCN4CCOCC4)CC3)c3ccccc23)CC1. The highest BCUT2D eigenvalue weighted by Gasteiger charge is 2.27. The maximum Gasteiger partial charge on any atom is 0.275 e. The number of piperidine rings is 1. The predicted octanol–water partition coefficient (Wildman–Crippen LogP) is 1.96. The van der Waals surface area contributed by atoms with Gasteiger partial charge >= 0.3 is 0 Å². The second kappa shape index (κ2) is 10.3. The highest BCUT2D eigenvalue weighted by Crippen LogP contribution is 2.29. The minimum absolute atomic E-state index is 0.00495. The van der Waals surface area contributed by atoms with Crippen LogP contribution in [0, 0.1) is 5.92 Å². The van der Waals surface area contributed by atoms with Gasteiger partial charge in [-0.3, -0.25) is 14.6 Å². The number of aromatic nitrogens is 2. The van der Waals surface area contributed by atoms with Crippen LogP contribution in [0.1, 0.15) is 30.3 Å². The number of carbonyl (C=O) groups excluding carboxylic acids is 1. The number of anilines is 1. The van der Waals surface area contributed by atoms with Crippen LogP contribution < -0.4 is 4.90 Å². The Morgan fingerprint density at radius 2 is 1.52 bits per heavy atom. The van der Waals surface area contributed by atoms with Crippen LogP contribution in [-0.4, -0.2) is 109 Å². The molecule has 0 atom stereocenters. The van der Waals surface area contributed by atoms with Crippen LogP contribution in [0.5, 0.6) is 0 Å². The van der Waals surface area contributed by atoms with Crippen molar-refractivity contribution >= 4 is 22.5 Å². The summed E-state index contributed by atoms with van der Waals surface area (Å²) >= 11 is 0. The molecule has 8 nitrogen and oxygen atoms in total. The van der Waals surface area contributed by atoms with E-state index in [4.69, 9.17) is 4.74 Å². The molecule has 3 aliphatic heterocycles. The Balaban J connectivity index is 1.24. The van der Waals surface area contributed by atoms with E-state index in [0.29, 0.717) is 5.69 Å². The molecule has 0 unspecified atom stereocenters. The molecule has 1 aromatic carbocycles. The molecule has 3 aliphatic rings. The van der Waals surface area contributed by atoms with E-state index in [1.165, 1.54) is 12.8 Å². The molecule has 0 radical (unpaired) electrons. The van der Waals surface area contributed by atoms with E-state index >= 15 is 0 Å². The standard InChI is InChI=1S/C25H36N6O2/c1-20-6-8-30(9-7-20)24-22-5-3-2-4-21(22)23(26-27-24)25(32)31-14-12-28(13-15-31)10-11-29-16-18-33-19-17-29/h2-5,20H,6-19H2,1H3. The highest BCUT2D eigenvalue weighted by atomic mass is 16.5. The Kier molecular flexibility index (Phi) is 7.04. The first-order valence-electron chi connectivity index (χ1n) is 12.5. The second-order valence-electron chi connectivity index (χ2n) is 9.68. The van der Waals surface area contributed by atoms with Crippen molar-refractivity contribution in [1.82, 2.24) is 24.9 Å². The molecule has 1 aromatic heterocycles. The summed E-state index contributed by atoms with van der Waals surface area (Å²) in [6.45, 7) is 13.5. The number of ether oxygens (including phenoxy) is 1. The molecule has 178 valence electrons. The van der Waals surface area contributed by atoms with Crippen molar-refractivity contribution in [2.75, 3.05) is 83.6 Å². The van der Waals surface area contributed by atoms with E-state index in [2.05, 4.69) is 37.9 Å². The molecular formula is C25H36N6O2. The summed E-state index contributed by atoms with van der Waals surface area (Å²) in [6.07, 6.45) is 2.35. The van der Waals surface area contributed by atoms with Crippen molar-refractivity contribution in [2.24, 2.45) is 5.92 Å². The number of hydrogen-bond donors (Lipinski definition) is 0. The van der Waals surface area contributed by atoms with Gasteiger partial charge in [0.2, 0.25) is 0 Å². The van der Waals surface area contributed by atoms with Crippen LogP contribution in [0.15, 0.2) is 24.3 Å². The molecule has 0 spiro atoms. The van der Waals surface area contributed by atoms with Gasteiger partial charge in [-0.1, -0.05) is 31.2 Å². The monoisotopic (exact) mass is 452 g/mol. The molecule has 5 rings (SSSR count). The Bertz CT molecular complexity index is 947. The number of rotatable bonds is 5. The van der Waals surface area contributed by atoms with E-state index in [9.17, 15) is 4.79 Å². The van der Waals surface area contributed by atoms with Gasteiger partial charge in [0.1, 0.15) is 0 Å². The van der Waals surface area contributed by atoms with Gasteiger partial charge in [-0.05, 0) is 18.8 Å². The summed E-state index contributed by atoms with van der Waals surface area (Å²) in [6, 6.07) is 8.12. The predicted molar refractivity (Wildman–Crippen MR) is 130 cm³/mol. The Morgan fingerprint density at radius 1 is 0.879 bits per heavy atom. The minimum Gasteiger partial charge on any atom is -0.379 e. The van der Waals surface area contributed by atoms with Crippen molar-refractivity contribution in [3.63, 3.8) is 0 Å². The molecule has 0 bridgehead atoms. The van der Waals surface area contributed by atoms with Crippen molar-refractivity contribution in [3.8, 4) is 0 Å². The van der Waals surface area contributed by atoms with Crippen molar-refractivity contribution < 1.29 is 9.53 Å². The number of carbonyl (C=O) groups is 1. The van der Waals surface area contributed by atoms with Gasteiger partial charge in [-0.25, -0.2) is 0 Å². The fraction of sp³-hybridized carbons (Fsp3) is 0.640. The average Bonchev–Trinajstić information content (AvgIpc) is 2.88. The fourth-order valence-electron chi connectivity index (χ4n) is 5.13. The number of amides is 1. The fourth-order valence-corrected chi connectivity index (χ4v) is 5.13. The van der Waals surface area contributed by atoms with Crippen molar-refractivity contribution in [1.29, 1.82) is 0 Å². The Hall–Kier alpha value is -2.29. The first kappa shape index (κ1) is 22.5. The molecule has 33 heavy (non-hydrogen) atoms. The summed E-state index contributed by atoms with van der Waals surface area (Å²) < 4.78 is 5.44. The molecule has 3 fully saturated rings. The molecule has 4 heterocycles. The maximum absolute atomic E-state index is 13.4. The third-order valence-corrected chi connectivity index (χ3v) is 7.45. The molecule has 2 aromatic rings. The van der Waals surface area contributed by atoms with Crippen molar-refractivity contribution in [2.45, 2.75) is 19.8 Å². The van der Waals surface area contributed by atoms with Gasteiger partial charge in [-0.15, -0.1) is 10.2 Å². The molecule has 3 saturated heterocycles. The summed E-state index contributed by atoms with van der Waals surface area (Å²) in [5.41, 5.74) is 0.487. The van der Waals surface area contributed by atoms with Crippen LogP contribution in [0.2, 0.25) is 0 Å². The quantitative estimate of drug-likeness (QED) is 0.687. The van der Waals surface area contributed by atoms with Crippen LogP contribution in [0.3, 0.4) is 0 Å². The van der Waals surface area contributed by atoms with Crippen LogP contribution in [-0.2, 0) is 4.74 Å². The van der Waals surface area contributed by atoms with E-state index in [1.54, 1.807) is 0 Å². The second-order valence-corrected chi connectivity index (χ2v) is 9.68. The number of fused-ring (bicyclic) bond motifs is 1. The summed E-state index contributed by atoms with van der Waals surface area (Å²) in [5.74, 6) is 1.68. The lowest BCUT2D eigenvalue weighted by molar-refractivity contribution is 0.0293. The first-order chi connectivity index (χ1) is 16.2. The minimum atomic E-state index is 0.00495. The van der Waals surface area contributed by atoms with Gasteiger partial charge in [-0.2, -0.15) is 0 Å². The molecule has 0 saturated carbocycles. The number of morpholine rings is 1. The molecular weight excluding hydrogens is 416 g/mol. The highest BCUT2D eigenvalue weighted by molar-refractivity contribution is 6.07. The van der Waals surface area contributed by atoms with Crippen LogP contribution in [0.25, 0.3) is 10.8 Å². The topological polar surface area (TPSA) is 65.0 Å². The van der Waals surface area contributed by atoms with E-state index < -0.39 is 0 Å². The van der Waals surface area contributed by atoms with Gasteiger partial charge < -0.3 is 14.5 Å². The van der Waals surface area contributed by atoms with E-state index in [-0.39, 0.29) is 5.91 Å². The maximum atomic E-state index is 13.4. The lowest BCUT2D eigenvalue weighted by Crippen LogP contribution is -2.51. The van der Waals surface area contributed by atoms with Gasteiger partial charge in [0.05, 0.1) is 13.2 Å².